The van der Waals surface area contributed by atoms with E-state index in [4.69, 9.17) is 10.5 Å². The van der Waals surface area contributed by atoms with Crippen LogP contribution in [-0.2, 0) is 16.3 Å². The second-order valence-electron chi connectivity index (χ2n) is 5.37. The Morgan fingerprint density at radius 2 is 2.00 bits per heavy atom. The van der Waals surface area contributed by atoms with Crippen LogP contribution in [-0.4, -0.2) is 32.6 Å². The summed E-state index contributed by atoms with van der Waals surface area (Å²) in [5.74, 6) is 1.22. The van der Waals surface area contributed by atoms with Crippen LogP contribution in [0.3, 0.4) is 0 Å². The lowest BCUT2D eigenvalue weighted by atomic mass is 10.0. The number of rotatable bonds is 9. The molecule has 0 spiro atoms. The fourth-order valence-corrected chi connectivity index (χ4v) is 2.95. The first-order valence-electron chi connectivity index (χ1n) is 7.57. The summed E-state index contributed by atoms with van der Waals surface area (Å²) in [6.07, 6.45) is 2.21. The molecule has 21 heavy (non-hydrogen) atoms. The number of sulfone groups is 1. The number of aryl methyl sites for hydroxylation is 1. The minimum atomic E-state index is -2.92. The molecule has 0 aromatic heterocycles. The van der Waals surface area contributed by atoms with Crippen molar-refractivity contribution in [3.8, 4) is 5.75 Å². The van der Waals surface area contributed by atoms with E-state index < -0.39 is 9.84 Å². The van der Waals surface area contributed by atoms with Crippen molar-refractivity contribution in [3.05, 3.63) is 29.3 Å². The van der Waals surface area contributed by atoms with Crippen LogP contribution in [0.1, 0.15) is 37.8 Å². The van der Waals surface area contributed by atoms with Crippen molar-refractivity contribution in [1.29, 1.82) is 0 Å². The molecule has 5 heteroatoms. The van der Waals surface area contributed by atoms with Crippen molar-refractivity contribution in [3.63, 3.8) is 0 Å². The van der Waals surface area contributed by atoms with Crippen molar-refractivity contribution in [2.75, 3.05) is 18.1 Å². The van der Waals surface area contributed by atoms with Gasteiger partial charge in [-0.1, -0.05) is 32.0 Å². The lowest BCUT2D eigenvalue weighted by molar-refractivity contribution is 0.311. The summed E-state index contributed by atoms with van der Waals surface area (Å²) in [6.45, 7) is 6.15. The maximum absolute atomic E-state index is 11.5. The Hall–Kier alpha value is -1.07. The summed E-state index contributed by atoms with van der Waals surface area (Å²) >= 11 is 0. The van der Waals surface area contributed by atoms with Gasteiger partial charge >= 0.3 is 0 Å². The quantitative estimate of drug-likeness (QED) is 0.711. The van der Waals surface area contributed by atoms with Crippen molar-refractivity contribution in [2.45, 2.75) is 46.1 Å². The van der Waals surface area contributed by atoms with Gasteiger partial charge in [0, 0.05) is 11.8 Å². The van der Waals surface area contributed by atoms with E-state index in [2.05, 4.69) is 6.92 Å². The molecule has 0 aliphatic heterocycles. The molecule has 0 bridgehead atoms. The predicted octanol–water partition coefficient (Wildman–Crippen LogP) is 2.48. The molecule has 0 fully saturated rings. The van der Waals surface area contributed by atoms with E-state index >= 15 is 0 Å². The third kappa shape index (κ3) is 6.06. The van der Waals surface area contributed by atoms with Gasteiger partial charge in [0.1, 0.15) is 15.6 Å². The van der Waals surface area contributed by atoms with Gasteiger partial charge in [-0.15, -0.1) is 0 Å². The molecule has 1 rings (SSSR count). The number of ether oxygens (including phenoxy) is 1. The first-order chi connectivity index (χ1) is 9.89. The van der Waals surface area contributed by atoms with E-state index in [1.165, 1.54) is 0 Å². The molecule has 4 nitrogen and oxygen atoms in total. The summed E-state index contributed by atoms with van der Waals surface area (Å²) in [5, 5.41) is 0. The highest BCUT2D eigenvalue weighted by Gasteiger charge is 2.11. The van der Waals surface area contributed by atoms with Crippen LogP contribution < -0.4 is 10.5 Å². The van der Waals surface area contributed by atoms with Crippen LogP contribution in [0.2, 0.25) is 0 Å². The summed E-state index contributed by atoms with van der Waals surface area (Å²) in [6, 6.07) is 6.15. The van der Waals surface area contributed by atoms with Gasteiger partial charge in [-0.3, -0.25) is 0 Å². The Labute approximate surface area is 128 Å². The van der Waals surface area contributed by atoms with Gasteiger partial charge in [-0.25, -0.2) is 8.42 Å². The van der Waals surface area contributed by atoms with Crippen LogP contribution in [0.15, 0.2) is 18.2 Å². The molecular formula is C16H27NO3S. The molecule has 1 aromatic carbocycles. The minimum Gasteiger partial charge on any atom is -0.493 e. The Balaban J connectivity index is 2.65. The van der Waals surface area contributed by atoms with Crippen LogP contribution >= 0.6 is 0 Å². The second kappa shape index (κ2) is 8.39. The van der Waals surface area contributed by atoms with E-state index in [-0.39, 0.29) is 17.5 Å². The summed E-state index contributed by atoms with van der Waals surface area (Å²) in [4.78, 5) is 0. The van der Waals surface area contributed by atoms with Gasteiger partial charge in [0.15, 0.2) is 0 Å². The smallest absolute Gasteiger partial charge is 0.150 e. The molecular weight excluding hydrogens is 286 g/mol. The number of hydrogen-bond donors (Lipinski definition) is 1. The van der Waals surface area contributed by atoms with Crippen LogP contribution in [0.5, 0.6) is 5.75 Å². The zero-order valence-corrected chi connectivity index (χ0v) is 14.1. The summed E-state index contributed by atoms with van der Waals surface area (Å²) in [7, 11) is -2.92. The van der Waals surface area contributed by atoms with E-state index in [1.807, 2.05) is 25.1 Å². The fraction of sp³-hybridized carbons (Fsp3) is 0.625. The molecule has 120 valence electrons. The monoisotopic (exact) mass is 313 g/mol. The SMILES string of the molecule is CCC(N)Cc1cccc(C)c1OCCCS(=O)(=O)CC. The highest BCUT2D eigenvalue weighted by molar-refractivity contribution is 7.91. The fourth-order valence-electron chi connectivity index (χ4n) is 2.10. The van der Waals surface area contributed by atoms with Crippen LogP contribution in [0.4, 0.5) is 0 Å². The van der Waals surface area contributed by atoms with E-state index in [0.717, 1.165) is 29.7 Å². The maximum Gasteiger partial charge on any atom is 0.150 e. The Bertz CT molecular complexity index is 540. The highest BCUT2D eigenvalue weighted by Crippen LogP contribution is 2.25. The van der Waals surface area contributed by atoms with Gasteiger partial charge in [0.2, 0.25) is 0 Å². The maximum atomic E-state index is 11.5. The molecule has 1 unspecified atom stereocenters. The zero-order chi connectivity index (χ0) is 15.9. The van der Waals surface area contributed by atoms with Gasteiger partial charge in [0.05, 0.1) is 12.4 Å². The average Bonchev–Trinajstić information content (AvgIpc) is 2.45. The van der Waals surface area contributed by atoms with Gasteiger partial charge < -0.3 is 10.5 Å². The van der Waals surface area contributed by atoms with Crippen molar-refractivity contribution < 1.29 is 13.2 Å². The first-order valence-corrected chi connectivity index (χ1v) is 9.39. The molecule has 0 saturated heterocycles. The van der Waals surface area contributed by atoms with Gasteiger partial charge in [0.25, 0.3) is 0 Å². The summed E-state index contributed by atoms with van der Waals surface area (Å²) in [5.41, 5.74) is 8.18. The average molecular weight is 313 g/mol. The first kappa shape index (κ1) is 18.0. The number of hydrogen-bond acceptors (Lipinski definition) is 4. The lowest BCUT2D eigenvalue weighted by Gasteiger charge is -2.16. The van der Waals surface area contributed by atoms with Gasteiger partial charge in [-0.05, 0) is 37.3 Å². The largest absolute Gasteiger partial charge is 0.493 e. The number of benzene rings is 1. The molecule has 0 amide bonds. The highest BCUT2D eigenvalue weighted by atomic mass is 32.2. The van der Waals surface area contributed by atoms with E-state index in [9.17, 15) is 8.42 Å². The zero-order valence-electron chi connectivity index (χ0n) is 13.3. The number of para-hydroxylation sites is 1. The number of nitrogens with two attached hydrogens (primary N) is 1. The molecule has 1 aromatic rings. The molecule has 0 radical (unpaired) electrons. The molecule has 0 aliphatic carbocycles. The molecule has 0 heterocycles. The predicted molar refractivity (Wildman–Crippen MR) is 87.6 cm³/mol. The molecule has 1 atom stereocenters. The minimum absolute atomic E-state index is 0.120. The third-order valence-corrected chi connectivity index (χ3v) is 5.38. The molecule has 0 saturated carbocycles. The third-order valence-electron chi connectivity index (χ3n) is 3.59. The Morgan fingerprint density at radius 3 is 2.62 bits per heavy atom. The van der Waals surface area contributed by atoms with E-state index in [0.29, 0.717) is 13.0 Å². The van der Waals surface area contributed by atoms with Gasteiger partial charge in [-0.2, -0.15) is 0 Å². The topological polar surface area (TPSA) is 69.4 Å². The van der Waals surface area contributed by atoms with Crippen LogP contribution in [0.25, 0.3) is 0 Å². The van der Waals surface area contributed by atoms with E-state index in [1.54, 1.807) is 6.92 Å². The Morgan fingerprint density at radius 1 is 1.29 bits per heavy atom. The van der Waals surface area contributed by atoms with Crippen molar-refractivity contribution in [1.82, 2.24) is 0 Å². The summed E-state index contributed by atoms with van der Waals surface area (Å²) < 4.78 is 28.7. The lowest BCUT2D eigenvalue weighted by Crippen LogP contribution is -2.22. The Kier molecular flexibility index (Phi) is 7.18. The standard InChI is InChI=1S/C16H27NO3S/c1-4-15(17)12-14-9-6-8-13(3)16(14)20-10-7-11-21(18,19)5-2/h6,8-9,15H,4-5,7,10-12,17H2,1-3H3. The van der Waals surface area contributed by atoms with Crippen LogP contribution in [0, 0.1) is 6.92 Å². The second-order valence-corrected chi connectivity index (χ2v) is 7.85. The molecule has 0 aliphatic rings. The van der Waals surface area contributed by atoms with Crippen molar-refractivity contribution in [2.24, 2.45) is 5.73 Å². The normalized spacial score (nSPS) is 13.1. The van der Waals surface area contributed by atoms with Crippen molar-refractivity contribution >= 4 is 9.84 Å². The molecule has 2 N–H and O–H groups in total.